The molecule has 0 radical (unpaired) electrons. The molecule has 3 aliphatic rings. The Morgan fingerprint density at radius 1 is 1.10 bits per heavy atom. The van der Waals surface area contributed by atoms with Gasteiger partial charge in [0, 0.05) is 19.1 Å². The van der Waals surface area contributed by atoms with E-state index in [1.807, 2.05) is 12.1 Å². The van der Waals surface area contributed by atoms with Crippen molar-refractivity contribution in [3.8, 4) is 0 Å². The van der Waals surface area contributed by atoms with Crippen molar-refractivity contribution in [2.75, 3.05) is 26.3 Å². The Morgan fingerprint density at radius 3 is 2.48 bits per heavy atom. The zero-order valence-electron chi connectivity index (χ0n) is 11.9. The molecule has 3 aliphatic heterocycles. The molecule has 4 rings (SSSR count). The van der Waals surface area contributed by atoms with Gasteiger partial charge in [0.05, 0.1) is 17.8 Å². The van der Waals surface area contributed by atoms with Gasteiger partial charge in [-0.1, -0.05) is 12.1 Å². The maximum atomic E-state index is 12.4. The second-order valence-electron chi connectivity index (χ2n) is 6.22. The Labute approximate surface area is 123 Å². The average molecular weight is 285 g/mol. The standard InChI is InChI=1S/C16H19N3O2/c20-15-12-5-1-2-6-13(12)16(21)19(15)10-18-8-11-4-3-7-17-14(11)9-18/h1-2,5-6,11,14,17H,3-4,7-10H2/t11-,14+/m0/s1. The van der Waals surface area contributed by atoms with Crippen molar-refractivity contribution in [2.45, 2.75) is 18.9 Å². The topological polar surface area (TPSA) is 52.7 Å². The first-order valence-electron chi connectivity index (χ1n) is 7.65. The van der Waals surface area contributed by atoms with Crippen LogP contribution < -0.4 is 5.32 Å². The summed E-state index contributed by atoms with van der Waals surface area (Å²) in [6.45, 7) is 3.41. The highest BCUT2D eigenvalue weighted by molar-refractivity contribution is 6.21. The summed E-state index contributed by atoms with van der Waals surface area (Å²) >= 11 is 0. The minimum Gasteiger partial charge on any atom is -0.312 e. The molecule has 0 aromatic heterocycles. The third-order valence-electron chi connectivity index (χ3n) is 4.89. The second-order valence-corrected chi connectivity index (χ2v) is 6.22. The van der Waals surface area contributed by atoms with Crippen molar-refractivity contribution < 1.29 is 9.59 Å². The van der Waals surface area contributed by atoms with Gasteiger partial charge in [0.2, 0.25) is 0 Å². The van der Waals surface area contributed by atoms with Crippen LogP contribution in [0.3, 0.4) is 0 Å². The van der Waals surface area contributed by atoms with Crippen LogP contribution in [0.25, 0.3) is 0 Å². The second kappa shape index (κ2) is 4.93. The Hall–Kier alpha value is -1.72. The highest BCUT2D eigenvalue weighted by Crippen LogP contribution is 2.27. The zero-order valence-corrected chi connectivity index (χ0v) is 11.9. The number of nitrogens with zero attached hydrogens (tertiary/aromatic N) is 2. The van der Waals surface area contributed by atoms with Gasteiger partial charge >= 0.3 is 0 Å². The van der Waals surface area contributed by atoms with Crippen LogP contribution in [0.5, 0.6) is 0 Å². The summed E-state index contributed by atoms with van der Waals surface area (Å²) in [7, 11) is 0. The third-order valence-corrected chi connectivity index (χ3v) is 4.89. The normalized spacial score (nSPS) is 28.9. The lowest BCUT2D eigenvalue weighted by Gasteiger charge is -2.24. The van der Waals surface area contributed by atoms with Gasteiger partial charge < -0.3 is 5.32 Å². The van der Waals surface area contributed by atoms with Crippen molar-refractivity contribution in [3.05, 3.63) is 35.4 Å². The highest BCUT2D eigenvalue weighted by Gasteiger charge is 2.40. The van der Waals surface area contributed by atoms with Gasteiger partial charge in [-0.05, 0) is 37.4 Å². The van der Waals surface area contributed by atoms with Gasteiger partial charge in [0.25, 0.3) is 11.8 Å². The number of piperidine rings is 1. The van der Waals surface area contributed by atoms with Gasteiger partial charge in [-0.25, -0.2) is 0 Å². The first-order chi connectivity index (χ1) is 10.2. The molecule has 1 aromatic carbocycles. The molecule has 0 aliphatic carbocycles. The molecular formula is C16H19N3O2. The minimum atomic E-state index is -0.154. The van der Waals surface area contributed by atoms with Crippen LogP contribution >= 0.6 is 0 Å². The Balaban J connectivity index is 1.49. The van der Waals surface area contributed by atoms with E-state index in [9.17, 15) is 9.59 Å². The van der Waals surface area contributed by atoms with Crippen LogP contribution in [0.4, 0.5) is 0 Å². The molecule has 3 heterocycles. The van der Waals surface area contributed by atoms with Crippen molar-refractivity contribution in [2.24, 2.45) is 5.92 Å². The summed E-state index contributed by atoms with van der Waals surface area (Å²) in [5.74, 6) is 0.353. The number of fused-ring (bicyclic) bond motifs is 2. The number of imide groups is 1. The number of nitrogens with one attached hydrogen (secondary N) is 1. The van der Waals surface area contributed by atoms with Gasteiger partial charge in [0.1, 0.15) is 0 Å². The van der Waals surface area contributed by atoms with Crippen LogP contribution in [0, 0.1) is 5.92 Å². The highest BCUT2D eigenvalue weighted by atomic mass is 16.2. The average Bonchev–Trinajstić information content (AvgIpc) is 3.02. The molecule has 2 saturated heterocycles. The largest absolute Gasteiger partial charge is 0.312 e. The number of likely N-dealkylation sites (tertiary alicyclic amines) is 1. The molecule has 1 N–H and O–H groups in total. The van der Waals surface area contributed by atoms with Gasteiger partial charge in [-0.3, -0.25) is 19.4 Å². The third kappa shape index (κ3) is 2.08. The van der Waals surface area contributed by atoms with E-state index < -0.39 is 0 Å². The molecule has 5 heteroatoms. The van der Waals surface area contributed by atoms with Crippen LogP contribution in [-0.4, -0.2) is 54.0 Å². The molecule has 0 unspecified atom stereocenters. The minimum absolute atomic E-state index is 0.154. The predicted octanol–water partition coefficient (Wildman–Crippen LogP) is 0.924. The van der Waals surface area contributed by atoms with E-state index in [0.717, 1.165) is 19.6 Å². The van der Waals surface area contributed by atoms with Gasteiger partial charge in [0.15, 0.2) is 0 Å². The predicted molar refractivity (Wildman–Crippen MR) is 77.9 cm³/mol. The number of rotatable bonds is 2. The SMILES string of the molecule is O=C1c2ccccc2C(=O)N1CN1C[C@@H]2CCCN[C@@H]2C1. The van der Waals surface area contributed by atoms with Crippen molar-refractivity contribution in [3.63, 3.8) is 0 Å². The molecule has 5 nitrogen and oxygen atoms in total. The molecule has 110 valence electrons. The fourth-order valence-electron chi connectivity index (χ4n) is 3.82. The number of hydrogen-bond acceptors (Lipinski definition) is 4. The van der Waals surface area contributed by atoms with E-state index >= 15 is 0 Å². The monoisotopic (exact) mass is 285 g/mol. The number of amides is 2. The number of carbonyl (C=O) groups excluding carboxylic acids is 2. The van der Waals surface area contributed by atoms with E-state index in [-0.39, 0.29) is 11.8 Å². The van der Waals surface area contributed by atoms with Crippen molar-refractivity contribution in [1.29, 1.82) is 0 Å². The van der Waals surface area contributed by atoms with Crippen molar-refractivity contribution >= 4 is 11.8 Å². The number of carbonyl (C=O) groups is 2. The summed E-state index contributed by atoms with van der Waals surface area (Å²) in [6, 6.07) is 7.61. The fraction of sp³-hybridized carbons (Fsp3) is 0.500. The summed E-state index contributed by atoms with van der Waals surface area (Å²) in [4.78, 5) is 28.4. The maximum Gasteiger partial charge on any atom is 0.262 e. The number of benzene rings is 1. The van der Waals surface area contributed by atoms with Crippen LogP contribution in [0.1, 0.15) is 33.6 Å². The van der Waals surface area contributed by atoms with Crippen molar-refractivity contribution in [1.82, 2.24) is 15.1 Å². The molecule has 0 spiro atoms. The molecule has 0 bridgehead atoms. The zero-order chi connectivity index (χ0) is 14.4. The molecule has 2 fully saturated rings. The van der Waals surface area contributed by atoms with Crippen LogP contribution in [0.2, 0.25) is 0 Å². The van der Waals surface area contributed by atoms with E-state index in [1.165, 1.54) is 17.7 Å². The van der Waals surface area contributed by atoms with E-state index in [0.29, 0.717) is 29.8 Å². The summed E-state index contributed by atoms with van der Waals surface area (Å²) in [5, 5.41) is 3.55. The van der Waals surface area contributed by atoms with E-state index in [4.69, 9.17) is 0 Å². The first kappa shape index (κ1) is 13.0. The molecule has 2 atom stereocenters. The quantitative estimate of drug-likeness (QED) is 0.821. The molecular weight excluding hydrogens is 266 g/mol. The first-order valence-corrected chi connectivity index (χ1v) is 7.65. The summed E-state index contributed by atoms with van der Waals surface area (Å²) in [6.07, 6.45) is 2.47. The van der Waals surface area contributed by atoms with E-state index in [2.05, 4.69) is 10.2 Å². The van der Waals surface area contributed by atoms with Gasteiger partial charge in [-0.2, -0.15) is 0 Å². The smallest absolute Gasteiger partial charge is 0.262 e. The maximum absolute atomic E-state index is 12.4. The lowest BCUT2D eigenvalue weighted by molar-refractivity contribution is 0.0560. The molecule has 0 saturated carbocycles. The lowest BCUT2D eigenvalue weighted by atomic mass is 9.94. The Morgan fingerprint density at radius 2 is 1.81 bits per heavy atom. The molecule has 21 heavy (non-hydrogen) atoms. The Kier molecular flexibility index (Phi) is 3.05. The number of hydrogen-bond donors (Lipinski definition) is 1. The lowest BCUT2D eigenvalue weighted by Crippen LogP contribution is -2.42. The summed E-state index contributed by atoms with van der Waals surface area (Å²) in [5.41, 5.74) is 1.08. The van der Waals surface area contributed by atoms with Crippen LogP contribution in [0.15, 0.2) is 24.3 Å². The molecule has 2 amide bonds. The Bertz CT molecular complexity index is 552. The molecule has 1 aromatic rings. The van der Waals surface area contributed by atoms with Crippen LogP contribution in [-0.2, 0) is 0 Å². The summed E-state index contributed by atoms with van der Waals surface area (Å²) < 4.78 is 0. The van der Waals surface area contributed by atoms with Gasteiger partial charge in [-0.15, -0.1) is 0 Å². The van der Waals surface area contributed by atoms with E-state index in [1.54, 1.807) is 12.1 Å². The fourth-order valence-corrected chi connectivity index (χ4v) is 3.82.